The molecule has 1 N–H and O–H groups in total. The Hall–Kier alpha value is -1.48. The van der Waals surface area contributed by atoms with Crippen LogP contribution in [0.15, 0.2) is 24.5 Å². The number of fused-ring (bicyclic) bond motifs is 6. The first-order valence-electron chi connectivity index (χ1n) is 8.87. The minimum atomic E-state index is 0.695. The van der Waals surface area contributed by atoms with Gasteiger partial charge in [-0.15, -0.1) is 0 Å². The third-order valence-corrected chi connectivity index (χ3v) is 3.90. The Morgan fingerprint density at radius 1 is 0.773 bits per heavy atom. The smallest absolute Gasteiger partial charge is 0.0889 e. The van der Waals surface area contributed by atoms with E-state index < -0.39 is 0 Å². The van der Waals surface area contributed by atoms with Crippen LogP contribution in [0.2, 0.25) is 0 Å². The molecule has 4 rings (SSSR count). The molecule has 1 aromatic carbocycles. The molecule has 1 aliphatic carbocycles. The predicted octanol–water partition coefficient (Wildman–Crippen LogP) is 4.88. The molecule has 3 nitrogen and oxygen atoms in total. The topological polar surface area (TPSA) is 37.8 Å². The number of hydrogen-bond donors (Lipinski definition) is 1. The molecule has 2 heterocycles. The Kier molecular flexibility index (Phi) is 8.03. The van der Waals surface area contributed by atoms with E-state index in [1.54, 1.807) is 12.4 Å². The van der Waals surface area contributed by atoms with Crippen molar-refractivity contribution in [3.63, 3.8) is 0 Å². The van der Waals surface area contributed by atoms with Gasteiger partial charge >= 0.3 is 0 Å². The molecule has 0 saturated carbocycles. The van der Waals surface area contributed by atoms with Crippen molar-refractivity contribution < 1.29 is 0 Å². The number of rotatable bonds is 0. The normalized spacial score (nSPS) is 20.5. The summed E-state index contributed by atoms with van der Waals surface area (Å²) in [5.74, 6) is 1.39. The lowest BCUT2D eigenvalue weighted by Gasteiger charge is -2.19. The summed E-state index contributed by atoms with van der Waals surface area (Å²) >= 11 is 0. The zero-order valence-electron chi connectivity index (χ0n) is 15.0. The Morgan fingerprint density at radius 3 is 1.59 bits per heavy atom. The molecule has 2 aliphatic rings. The van der Waals surface area contributed by atoms with E-state index >= 15 is 0 Å². The van der Waals surface area contributed by atoms with Crippen LogP contribution in [-0.2, 0) is 0 Å². The van der Waals surface area contributed by atoms with Crippen molar-refractivity contribution in [1.29, 1.82) is 0 Å². The van der Waals surface area contributed by atoms with Crippen LogP contribution in [0.5, 0.6) is 0 Å². The summed E-state index contributed by atoms with van der Waals surface area (Å²) in [5, 5.41) is 3.51. The van der Waals surface area contributed by atoms with Crippen LogP contribution in [0.25, 0.3) is 11.0 Å². The van der Waals surface area contributed by atoms with E-state index in [0.29, 0.717) is 11.8 Å². The van der Waals surface area contributed by atoms with Gasteiger partial charge in [0.25, 0.3) is 0 Å². The van der Waals surface area contributed by atoms with E-state index in [-0.39, 0.29) is 0 Å². The van der Waals surface area contributed by atoms with Gasteiger partial charge in [-0.2, -0.15) is 0 Å². The highest BCUT2D eigenvalue weighted by Crippen LogP contribution is 2.44. The standard InChI is InChI=1S/C13H13N3.3C2H6/c1-2-16-13-5-11-9-3-8(6-14-7-9)10(11)4-12(13)15-1;3*1-2/h1-2,4-5,8-9,14H,3,6-7H2;3*1-2H3. The van der Waals surface area contributed by atoms with E-state index in [2.05, 4.69) is 27.4 Å². The van der Waals surface area contributed by atoms with Gasteiger partial charge in [0, 0.05) is 25.5 Å². The van der Waals surface area contributed by atoms with E-state index in [4.69, 9.17) is 0 Å². The van der Waals surface area contributed by atoms with Crippen LogP contribution >= 0.6 is 0 Å². The van der Waals surface area contributed by atoms with Gasteiger partial charge in [0.2, 0.25) is 0 Å². The predicted molar refractivity (Wildman–Crippen MR) is 96.6 cm³/mol. The summed E-state index contributed by atoms with van der Waals surface area (Å²) in [5.41, 5.74) is 5.08. The average Bonchev–Trinajstić information content (AvgIpc) is 2.88. The Morgan fingerprint density at radius 2 is 1.18 bits per heavy atom. The van der Waals surface area contributed by atoms with Gasteiger partial charge in [-0.3, -0.25) is 9.97 Å². The van der Waals surface area contributed by atoms with Crippen molar-refractivity contribution in [2.45, 2.75) is 59.8 Å². The van der Waals surface area contributed by atoms with Gasteiger partial charge in [-0.25, -0.2) is 0 Å². The van der Waals surface area contributed by atoms with E-state index in [0.717, 1.165) is 24.1 Å². The zero-order chi connectivity index (χ0) is 16.5. The summed E-state index contributed by atoms with van der Waals surface area (Å²) in [6.07, 6.45) is 4.85. The number of benzene rings is 1. The van der Waals surface area contributed by atoms with Crippen molar-refractivity contribution in [2.24, 2.45) is 0 Å². The lowest BCUT2D eigenvalue weighted by molar-refractivity contribution is 0.454. The molecule has 2 unspecified atom stereocenters. The fourth-order valence-electron chi connectivity index (χ4n) is 3.17. The molecule has 0 radical (unpaired) electrons. The Bertz CT molecular complexity index is 517. The molecular weight excluding hydrogens is 270 g/mol. The molecule has 22 heavy (non-hydrogen) atoms. The second kappa shape index (κ2) is 9.52. The molecule has 2 aromatic rings. The minimum absolute atomic E-state index is 0.695. The number of aromatic nitrogens is 2. The fourth-order valence-corrected chi connectivity index (χ4v) is 3.17. The van der Waals surface area contributed by atoms with Crippen molar-refractivity contribution in [1.82, 2.24) is 15.3 Å². The lowest BCUT2D eigenvalue weighted by atomic mass is 9.98. The lowest BCUT2D eigenvalue weighted by Crippen LogP contribution is -2.28. The number of nitrogens with zero attached hydrogens (tertiary/aromatic N) is 2. The molecular formula is C19H31N3. The molecule has 1 saturated heterocycles. The maximum absolute atomic E-state index is 4.39. The highest BCUT2D eigenvalue weighted by Gasteiger charge is 2.34. The molecule has 1 aromatic heterocycles. The van der Waals surface area contributed by atoms with Gasteiger partial charge < -0.3 is 5.32 Å². The van der Waals surface area contributed by atoms with Crippen molar-refractivity contribution in [3.05, 3.63) is 35.7 Å². The molecule has 2 bridgehead atoms. The number of nitrogens with one attached hydrogen (secondary N) is 1. The fraction of sp³-hybridized carbons (Fsp3) is 0.579. The van der Waals surface area contributed by atoms with Gasteiger partial charge in [0.05, 0.1) is 11.0 Å². The van der Waals surface area contributed by atoms with Crippen molar-refractivity contribution in [3.8, 4) is 0 Å². The quantitative estimate of drug-likeness (QED) is 0.753. The maximum atomic E-state index is 4.39. The number of hydrogen-bond acceptors (Lipinski definition) is 3. The molecule has 3 heteroatoms. The van der Waals surface area contributed by atoms with Gasteiger partial charge in [-0.05, 0) is 41.5 Å². The number of piperidine rings is 1. The third kappa shape index (κ3) is 3.64. The zero-order valence-corrected chi connectivity index (χ0v) is 15.0. The van der Waals surface area contributed by atoms with Crippen LogP contribution < -0.4 is 5.32 Å². The van der Waals surface area contributed by atoms with Gasteiger partial charge in [0.1, 0.15) is 0 Å². The first-order valence-corrected chi connectivity index (χ1v) is 8.87. The highest BCUT2D eigenvalue weighted by molar-refractivity contribution is 5.77. The molecule has 1 fully saturated rings. The van der Waals surface area contributed by atoms with Crippen LogP contribution in [0, 0.1) is 0 Å². The van der Waals surface area contributed by atoms with E-state index in [1.165, 1.54) is 17.5 Å². The maximum Gasteiger partial charge on any atom is 0.0889 e. The highest BCUT2D eigenvalue weighted by atomic mass is 14.9. The van der Waals surface area contributed by atoms with Gasteiger partial charge in [-0.1, -0.05) is 41.5 Å². The van der Waals surface area contributed by atoms with Crippen LogP contribution in [0.4, 0.5) is 0 Å². The Balaban J connectivity index is 0.000000365. The SMILES string of the molecule is CC.CC.CC.c1cnc2cc3c(cc2n1)C1CNCC3C1. The first kappa shape index (κ1) is 18.6. The minimum Gasteiger partial charge on any atom is -0.316 e. The average molecular weight is 301 g/mol. The second-order valence-electron chi connectivity index (χ2n) is 4.81. The van der Waals surface area contributed by atoms with Crippen molar-refractivity contribution >= 4 is 11.0 Å². The molecule has 0 spiro atoms. The van der Waals surface area contributed by atoms with Crippen LogP contribution in [0.1, 0.15) is 70.9 Å². The monoisotopic (exact) mass is 301 g/mol. The summed E-state index contributed by atoms with van der Waals surface area (Å²) in [6.45, 7) is 14.2. The van der Waals surface area contributed by atoms with Crippen molar-refractivity contribution in [2.75, 3.05) is 13.1 Å². The largest absolute Gasteiger partial charge is 0.316 e. The molecule has 2 atom stereocenters. The molecule has 0 amide bonds. The third-order valence-electron chi connectivity index (χ3n) is 3.90. The Labute approximate surface area is 135 Å². The summed E-state index contributed by atoms with van der Waals surface area (Å²) in [7, 11) is 0. The molecule has 122 valence electrons. The van der Waals surface area contributed by atoms with Crippen LogP contribution in [0.3, 0.4) is 0 Å². The van der Waals surface area contributed by atoms with E-state index in [9.17, 15) is 0 Å². The van der Waals surface area contributed by atoms with E-state index in [1.807, 2.05) is 41.5 Å². The summed E-state index contributed by atoms with van der Waals surface area (Å²) < 4.78 is 0. The second-order valence-corrected chi connectivity index (χ2v) is 4.81. The van der Waals surface area contributed by atoms with Gasteiger partial charge in [0.15, 0.2) is 0 Å². The summed E-state index contributed by atoms with van der Waals surface area (Å²) in [6, 6.07) is 4.49. The molecule has 1 aliphatic heterocycles. The first-order chi connectivity index (χ1) is 10.9. The summed E-state index contributed by atoms with van der Waals surface area (Å²) in [4.78, 5) is 8.78. The van der Waals surface area contributed by atoms with Crippen LogP contribution in [-0.4, -0.2) is 23.1 Å².